The molecule has 1 amide bonds. The van der Waals surface area contributed by atoms with Crippen molar-refractivity contribution >= 4 is 5.91 Å². The van der Waals surface area contributed by atoms with E-state index in [2.05, 4.69) is 41.8 Å². The number of morpholine rings is 1. The van der Waals surface area contributed by atoms with Gasteiger partial charge in [-0.3, -0.25) is 4.79 Å². The smallest absolute Gasteiger partial charge is 0.221 e. The molecule has 2 N–H and O–H groups in total. The predicted octanol–water partition coefficient (Wildman–Crippen LogP) is 1.24. The summed E-state index contributed by atoms with van der Waals surface area (Å²) in [5.41, 5.74) is 2.46. The van der Waals surface area contributed by atoms with Gasteiger partial charge in [0.1, 0.15) is 0 Å². The molecule has 0 bridgehead atoms. The van der Waals surface area contributed by atoms with Gasteiger partial charge in [-0.15, -0.1) is 0 Å². The normalized spacial score (nSPS) is 19.1. The van der Waals surface area contributed by atoms with E-state index in [1.165, 1.54) is 5.56 Å². The Balaban J connectivity index is 1.72. The minimum atomic E-state index is 0.0718. The van der Waals surface area contributed by atoms with Gasteiger partial charge in [0.05, 0.1) is 13.2 Å². The predicted molar refractivity (Wildman–Crippen MR) is 74.9 cm³/mol. The number of aryl methyl sites for hydroxylation is 1. The first-order valence-corrected chi connectivity index (χ1v) is 6.93. The monoisotopic (exact) mass is 262 g/mol. The number of rotatable bonds is 5. The summed E-state index contributed by atoms with van der Waals surface area (Å²) >= 11 is 0. The van der Waals surface area contributed by atoms with Crippen molar-refractivity contribution in [1.29, 1.82) is 0 Å². The maximum Gasteiger partial charge on any atom is 0.221 e. The molecule has 0 aliphatic carbocycles. The molecule has 104 valence electrons. The van der Waals surface area contributed by atoms with Crippen LogP contribution in [-0.2, 0) is 22.5 Å². The highest BCUT2D eigenvalue weighted by Crippen LogP contribution is 2.05. The molecule has 0 radical (unpaired) electrons. The molecule has 0 aromatic heterocycles. The average molecular weight is 262 g/mol. The number of carbonyl (C=O) groups excluding carboxylic acids is 1. The third kappa shape index (κ3) is 4.65. The van der Waals surface area contributed by atoms with E-state index >= 15 is 0 Å². The molecule has 1 fully saturated rings. The molecule has 1 saturated heterocycles. The van der Waals surface area contributed by atoms with Crippen LogP contribution >= 0.6 is 0 Å². The van der Waals surface area contributed by atoms with Crippen LogP contribution in [0.2, 0.25) is 0 Å². The molecule has 19 heavy (non-hydrogen) atoms. The van der Waals surface area contributed by atoms with Gasteiger partial charge in [0.15, 0.2) is 0 Å². The van der Waals surface area contributed by atoms with Gasteiger partial charge >= 0.3 is 0 Å². The molecule has 1 aromatic rings. The topological polar surface area (TPSA) is 50.4 Å². The van der Waals surface area contributed by atoms with Crippen LogP contribution in [0.25, 0.3) is 0 Å². The van der Waals surface area contributed by atoms with Crippen molar-refractivity contribution < 1.29 is 9.53 Å². The summed E-state index contributed by atoms with van der Waals surface area (Å²) in [6.45, 7) is 4.92. The van der Waals surface area contributed by atoms with Gasteiger partial charge in [0.25, 0.3) is 0 Å². The van der Waals surface area contributed by atoms with Crippen LogP contribution in [0.4, 0.5) is 0 Å². The lowest BCUT2D eigenvalue weighted by atomic mass is 10.1. The number of amides is 1. The Labute approximate surface area is 114 Å². The minimum absolute atomic E-state index is 0.0718. The number of nitrogens with one attached hydrogen (secondary N) is 2. The van der Waals surface area contributed by atoms with Gasteiger partial charge in [-0.1, -0.05) is 31.2 Å². The lowest BCUT2D eigenvalue weighted by molar-refractivity contribution is -0.122. The molecule has 1 heterocycles. The van der Waals surface area contributed by atoms with E-state index in [9.17, 15) is 4.79 Å². The van der Waals surface area contributed by atoms with Crippen LogP contribution < -0.4 is 10.6 Å². The highest BCUT2D eigenvalue weighted by atomic mass is 16.5. The van der Waals surface area contributed by atoms with E-state index < -0.39 is 0 Å². The van der Waals surface area contributed by atoms with Crippen LogP contribution in [0.5, 0.6) is 0 Å². The Morgan fingerprint density at radius 1 is 1.37 bits per heavy atom. The Morgan fingerprint density at radius 3 is 2.74 bits per heavy atom. The van der Waals surface area contributed by atoms with E-state index in [-0.39, 0.29) is 11.9 Å². The van der Waals surface area contributed by atoms with Gasteiger partial charge in [0.2, 0.25) is 5.91 Å². The molecule has 1 aromatic carbocycles. The number of ether oxygens (including phenoxy) is 1. The van der Waals surface area contributed by atoms with E-state index in [1.807, 2.05) is 0 Å². The third-order valence-electron chi connectivity index (χ3n) is 3.35. The summed E-state index contributed by atoms with van der Waals surface area (Å²) in [4.78, 5) is 11.8. The van der Waals surface area contributed by atoms with Crippen molar-refractivity contribution in [2.24, 2.45) is 0 Å². The molecule has 1 unspecified atom stereocenters. The fraction of sp³-hybridized carbons (Fsp3) is 0.533. The zero-order valence-corrected chi connectivity index (χ0v) is 11.4. The number of hydrogen-bond donors (Lipinski definition) is 2. The van der Waals surface area contributed by atoms with E-state index in [0.29, 0.717) is 19.6 Å². The largest absolute Gasteiger partial charge is 0.378 e. The fourth-order valence-corrected chi connectivity index (χ4v) is 2.14. The van der Waals surface area contributed by atoms with E-state index in [4.69, 9.17) is 4.74 Å². The zero-order valence-electron chi connectivity index (χ0n) is 11.4. The van der Waals surface area contributed by atoms with Crippen molar-refractivity contribution in [2.75, 3.05) is 19.8 Å². The summed E-state index contributed by atoms with van der Waals surface area (Å²) in [7, 11) is 0. The van der Waals surface area contributed by atoms with Crippen LogP contribution in [0.3, 0.4) is 0 Å². The van der Waals surface area contributed by atoms with Crippen molar-refractivity contribution in [3.63, 3.8) is 0 Å². The molecule has 1 aliphatic rings. The maximum atomic E-state index is 11.8. The molecule has 1 aliphatic heterocycles. The SMILES string of the molecule is CCc1ccc(CNC(=O)CC2COCCN2)cc1. The average Bonchev–Trinajstić information content (AvgIpc) is 2.47. The Kier molecular flexibility index (Phi) is 5.36. The molecular weight excluding hydrogens is 240 g/mol. The first kappa shape index (κ1) is 14.0. The van der Waals surface area contributed by atoms with E-state index in [1.54, 1.807) is 0 Å². The Hall–Kier alpha value is -1.39. The second-order valence-corrected chi connectivity index (χ2v) is 4.88. The lowest BCUT2D eigenvalue weighted by Crippen LogP contribution is -2.44. The van der Waals surface area contributed by atoms with Crippen LogP contribution in [0, 0.1) is 0 Å². The van der Waals surface area contributed by atoms with E-state index in [0.717, 1.165) is 25.1 Å². The summed E-state index contributed by atoms with van der Waals surface area (Å²) in [5, 5.41) is 6.23. The van der Waals surface area contributed by atoms with Crippen molar-refractivity contribution in [1.82, 2.24) is 10.6 Å². The van der Waals surface area contributed by atoms with Crippen LogP contribution in [-0.4, -0.2) is 31.7 Å². The maximum absolute atomic E-state index is 11.8. The van der Waals surface area contributed by atoms with Gasteiger partial charge in [-0.25, -0.2) is 0 Å². The summed E-state index contributed by atoms with van der Waals surface area (Å²) < 4.78 is 5.33. The van der Waals surface area contributed by atoms with Crippen molar-refractivity contribution in [3.05, 3.63) is 35.4 Å². The lowest BCUT2D eigenvalue weighted by Gasteiger charge is -2.23. The first-order valence-electron chi connectivity index (χ1n) is 6.93. The zero-order chi connectivity index (χ0) is 13.5. The second kappa shape index (κ2) is 7.26. The quantitative estimate of drug-likeness (QED) is 0.839. The summed E-state index contributed by atoms with van der Waals surface area (Å²) in [5.74, 6) is 0.0718. The summed E-state index contributed by atoms with van der Waals surface area (Å²) in [6, 6.07) is 8.51. The summed E-state index contributed by atoms with van der Waals surface area (Å²) in [6.07, 6.45) is 1.52. The fourth-order valence-electron chi connectivity index (χ4n) is 2.14. The van der Waals surface area contributed by atoms with Gasteiger partial charge in [-0.2, -0.15) is 0 Å². The van der Waals surface area contributed by atoms with Gasteiger partial charge < -0.3 is 15.4 Å². The molecule has 1 atom stereocenters. The Bertz CT molecular complexity index is 397. The van der Waals surface area contributed by atoms with Crippen molar-refractivity contribution in [3.8, 4) is 0 Å². The first-order chi connectivity index (χ1) is 9.28. The number of hydrogen-bond acceptors (Lipinski definition) is 3. The highest BCUT2D eigenvalue weighted by Gasteiger charge is 2.16. The van der Waals surface area contributed by atoms with Gasteiger partial charge in [-0.05, 0) is 17.5 Å². The molecule has 4 nitrogen and oxygen atoms in total. The second-order valence-electron chi connectivity index (χ2n) is 4.88. The third-order valence-corrected chi connectivity index (χ3v) is 3.35. The highest BCUT2D eigenvalue weighted by molar-refractivity contribution is 5.76. The molecule has 0 spiro atoms. The Morgan fingerprint density at radius 2 is 2.11 bits per heavy atom. The molecule has 2 rings (SSSR count). The van der Waals surface area contributed by atoms with Crippen molar-refractivity contribution in [2.45, 2.75) is 32.4 Å². The van der Waals surface area contributed by atoms with Gasteiger partial charge in [0, 0.05) is 25.6 Å². The van der Waals surface area contributed by atoms with Crippen LogP contribution in [0.1, 0.15) is 24.5 Å². The van der Waals surface area contributed by atoms with Crippen LogP contribution in [0.15, 0.2) is 24.3 Å². The number of carbonyl (C=O) groups is 1. The molecule has 4 heteroatoms. The number of benzene rings is 1. The minimum Gasteiger partial charge on any atom is -0.378 e. The standard InChI is InChI=1S/C15H22N2O2/c1-2-12-3-5-13(6-4-12)10-17-15(18)9-14-11-19-8-7-16-14/h3-6,14,16H,2,7-11H2,1H3,(H,17,18). The molecule has 0 saturated carbocycles. The molecular formula is C15H22N2O2.